The molecule has 0 amide bonds. The van der Waals surface area contributed by atoms with Crippen molar-refractivity contribution in [2.45, 2.75) is 57.7 Å². The Labute approximate surface area is 217 Å². The average molecular weight is 498 g/mol. The lowest BCUT2D eigenvalue weighted by atomic mass is 9.95. The van der Waals surface area contributed by atoms with E-state index in [-0.39, 0.29) is 11.6 Å². The summed E-state index contributed by atoms with van der Waals surface area (Å²) >= 11 is 0. The van der Waals surface area contributed by atoms with Crippen LogP contribution in [0.2, 0.25) is 0 Å². The SMILES string of the molecule is Cc1ccc2[nH]c(=O)c([C@H](c3nnnn3C3CCCCC3)N3CCN(Cc4ccccc4)CC3)cc2c1. The molecule has 1 aliphatic heterocycles. The van der Waals surface area contributed by atoms with Crippen molar-refractivity contribution < 1.29 is 0 Å². The Morgan fingerprint density at radius 3 is 2.54 bits per heavy atom. The van der Waals surface area contributed by atoms with Gasteiger partial charge in [-0.05, 0) is 59.3 Å². The van der Waals surface area contributed by atoms with Crippen molar-refractivity contribution in [2.24, 2.45) is 0 Å². The fraction of sp³-hybridized carbons (Fsp3) is 0.448. The molecule has 1 atom stereocenters. The first-order chi connectivity index (χ1) is 18.2. The number of nitrogens with zero attached hydrogens (tertiary/aromatic N) is 6. The summed E-state index contributed by atoms with van der Waals surface area (Å²) in [7, 11) is 0. The highest BCUT2D eigenvalue weighted by Crippen LogP contribution is 2.33. The Kier molecular flexibility index (Phi) is 6.85. The zero-order chi connectivity index (χ0) is 25.2. The van der Waals surface area contributed by atoms with Gasteiger partial charge >= 0.3 is 0 Å². The first-order valence-corrected chi connectivity index (χ1v) is 13.6. The van der Waals surface area contributed by atoms with Crippen molar-refractivity contribution in [3.63, 3.8) is 0 Å². The number of pyridine rings is 1. The molecule has 37 heavy (non-hydrogen) atoms. The number of hydrogen-bond donors (Lipinski definition) is 1. The van der Waals surface area contributed by atoms with Gasteiger partial charge in [-0.25, -0.2) is 4.68 Å². The molecule has 4 aromatic rings. The molecule has 0 spiro atoms. The van der Waals surface area contributed by atoms with Gasteiger partial charge in [0.2, 0.25) is 0 Å². The lowest BCUT2D eigenvalue weighted by molar-refractivity contribution is 0.0982. The van der Waals surface area contributed by atoms with Crippen LogP contribution in [0, 0.1) is 6.92 Å². The van der Waals surface area contributed by atoms with E-state index in [1.807, 2.05) is 16.8 Å². The third-order valence-corrected chi connectivity index (χ3v) is 8.03. The van der Waals surface area contributed by atoms with Crippen molar-refractivity contribution in [1.29, 1.82) is 0 Å². The Morgan fingerprint density at radius 2 is 1.76 bits per heavy atom. The van der Waals surface area contributed by atoms with E-state index in [2.05, 4.69) is 79.7 Å². The maximum Gasteiger partial charge on any atom is 0.253 e. The minimum absolute atomic E-state index is 0.0636. The number of hydrogen-bond acceptors (Lipinski definition) is 6. The van der Waals surface area contributed by atoms with E-state index in [1.54, 1.807) is 0 Å². The van der Waals surface area contributed by atoms with Crippen molar-refractivity contribution in [3.8, 4) is 0 Å². The number of aromatic amines is 1. The molecule has 2 fully saturated rings. The number of rotatable bonds is 6. The molecule has 2 aromatic carbocycles. The van der Waals surface area contributed by atoms with Crippen molar-refractivity contribution in [2.75, 3.05) is 26.2 Å². The molecule has 1 saturated carbocycles. The van der Waals surface area contributed by atoms with E-state index in [1.165, 1.54) is 30.4 Å². The molecule has 0 bridgehead atoms. The summed E-state index contributed by atoms with van der Waals surface area (Å²) in [5, 5.41) is 14.2. The van der Waals surface area contributed by atoms with Crippen LogP contribution in [0.15, 0.2) is 59.4 Å². The summed E-state index contributed by atoms with van der Waals surface area (Å²) in [5.41, 5.74) is 4.02. The van der Waals surface area contributed by atoms with Crippen molar-refractivity contribution in [1.82, 2.24) is 35.0 Å². The maximum absolute atomic E-state index is 13.5. The van der Waals surface area contributed by atoms with Crippen LogP contribution < -0.4 is 5.56 Å². The number of piperazine rings is 1. The van der Waals surface area contributed by atoms with Crippen molar-refractivity contribution in [3.05, 3.63) is 87.5 Å². The van der Waals surface area contributed by atoms with Gasteiger partial charge in [0.1, 0.15) is 6.04 Å². The highest BCUT2D eigenvalue weighted by atomic mass is 16.1. The Hall–Kier alpha value is -3.36. The topological polar surface area (TPSA) is 82.9 Å². The second kappa shape index (κ2) is 10.6. The van der Waals surface area contributed by atoms with Crippen LogP contribution in [0.25, 0.3) is 10.9 Å². The number of H-pyrrole nitrogens is 1. The predicted molar refractivity (Wildman–Crippen MR) is 144 cm³/mol. The second-order valence-corrected chi connectivity index (χ2v) is 10.6. The molecule has 2 aromatic heterocycles. The van der Waals surface area contributed by atoms with Crippen LogP contribution in [0.1, 0.15) is 66.7 Å². The summed E-state index contributed by atoms with van der Waals surface area (Å²) in [6, 6.07) is 18.8. The number of nitrogens with one attached hydrogen (secondary N) is 1. The largest absolute Gasteiger partial charge is 0.322 e. The van der Waals surface area contributed by atoms with E-state index < -0.39 is 0 Å². The smallest absolute Gasteiger partial charge is 0.253 e. The molecular formula is C29H35N7O. The predicted octanol–water partition coefficient (Wildman–Crippen LogP) is 4.24. The van der Waals surface area contributed by atoms with Crippen LogP contribution in [0.3, 0.4) is 0 Å². The molecule has 1 saturated heterocycles. The quantitative estimate of drug-likeness (QED) is 0.429. The van der Waals surface area contributed by atoms with E-state index in [0.717, 1.165) is 67.9 Å². The monoisotopic (exact) mass is 497 g/mol. The van der Waals surface area contributed by atoms with Gasteiger partial charge in [-0.2, -0.15) is 0 Å². The molecule has 0 unspecified atom stereocenters. The fourth-order valence-corrected chi connectivity index (χ4v) is 6.03. The third kappa shape index (κ3) is 5.08. The van der Waals surface area contributed by atoms with Crippen LogP contribution in [0.4, 0.5) is 0 Å². The van der Waals surface area contributed by atoms with E-state index in [4.69, 9.17) is 0 Å². The van der Waals surface area contributed by atoms with Gasteiger partial charge in [0.25, 0.3) is 5.56 Å². The lowest BCUT2D eigenvalue weighted by Gasteiger charge is -2.39. The summed E-state index contributed by atoms with van der Waals surface area (Å²) in [6.45, 7) is 6.58. The molecular weight excluding hydrogens is 462 g/mol. The van der Waals surface area contributed by atoms with Gasteiger partial charge in [0.05, 0.1) is 6.04 Å². The average Bonchev–Trinajstić information content (AvgIpc) is 3.41. The first kappa shape index (κ1) is 24.0. The summed E-state index contributed by atoms with van der Waals surface area (Å²) in [5.74, 6) is 0.793. The first-order valence-electron chi connectivity index (χ1n) is 13.6. The normalized spacial score (nSPS) is 18.8. The summed E-state index contributed by atoms with van der Waals surface area (Å²) in [6.07, 6.45) is 5.83. The Morgan fingerprint density at radius 1 is 0.973 bits per heavy atom. The molecule has 1 N–H and O–H groups in total. The van der Waals surface area contributed by atoms with Gasteiger partial charge in [0, 0.05) is 43.8 Å². The summed E-state index contributed by atoms with van der Waals surface area (Å²) in [4.78, 5) is 21.5. The van der Waals surface area contributed by atoms with Gasteiger partial charge in [-0.15, -0.1) is 5.10 Å². The fourth-order valence-electron chi connectivity index (χ4n) is 6.03. The van der Waals surface area contributed by atoms with Crippen LogP contribution in [-0.4, -0.2) is 61.2 Å². The van der Waals surface area contributed by atoms with E-state index >= 15 is 0 Å². The zero-order valence-corrected chi connectivity index (χ0v) is 21.5. The Balaban J connectivity index is 1.35. The number of fused-ring (bicyclic) bond motifs is 1. The minimum Gasteiger partial charge on any atom is -0.322 e. The minimum atomic E-state index is -0.288. The molecule has 1 aliphatic carbocycles. The maximum atomic E-state index is 13.5. The number of aryl methyl sites for hydroxylation is 1. The van der Waals surface area contributed by atoms with Crippen molar-refractivity contribution >= 4 is 10.9 Å². The lowest BCUT2D eigenvalue weighted by Crippen LogP contribution is -2.48. The molecule has 192 valence electrons. The van der Waals surface area contributed by atoms with Gasteiger partial charge in [0.15, 0.2) is 5.82 Å². The molecule has 0 radical (unpaired) electrons. The van der Waals surface area contributed by atoms with Crippen LogP contribution in [0.5, 0.6) is 0 Å². The van der Waals surface area contributed by atoms with E-state index in [0.29, 0.717) is 6.04 Å². The molecule has 3 heterocycles. The molecule has 8 heteroatoms. The van der Waals surface area contributed by atoms with Gasteiger partial charge in [-0.1, -0.05) is 61.2 Å². The van der Waals surface area contributed by atoms with Crippen LogP contribution in [-0.2, 0) is 6.54 Å². The van der Waals surface area contributed by atoms with E-state index in [9.17, 15) is 4.79 Å². The second-order valence-electron chi connectivity index (χ2n) is 10.6. The molecule has 6 rings (SSSR count). The summed E-state index contributed by atoms with van der Waals surface area (Å²) < 4.78 is 2.03. The third-order valence-electron chi connectivity index (χ3n) is 8.03. The molecule has 2 aliphatic rings. The van der Waals surface area contributed by atoms with Crippen LogP contribution >= 0.6 is 0 Å². The van der Waals surface area contributed by atoms with Gasteiger partial charge in [-0.3, -0.25) is 14.6 Å². The standard InChI is InChI=1S/C29H35N7O/c1-21-12-13-26-23(18-21)19-25(29(37)30-26)27(28-31-32-33-36(28)24-10-6-3-7-11-24)35-16-14-34(15-17-35)20-22-8-4-2-5-9-22/h2,4-5,8-9,12-13,18-19,24,27H,3,6-7,10-11,14-17,20H2,1H3,(H,30,37)/t27-/m1/s1. The number of tetrazole rings is 1. The Bertz CT molecular complexity index is 1400. The number of benzene rings is 2. The molecule has 8 nitrogen and oxygen atoms in total. The van der Waals surface area contributed by atoms with Gasteiger partial charge < -0.3 is 4.98 Å². The highest BCUT2D eigenvalue weighted by Gasteiger charge is 2.34. The highest BCUT2D eigenvalue weighted by molar-refractivity contribution is 5.79. The zero-order valence-electron chi connectivity index (χ0n) is 21.5. The number of aromatic nitrogens is 5.